The molecular formula is C10H17ClN4O2S. The van der Waals surface area contributed by atoms with Gasteiger partial charge in [0.25, 0.3) is 0 Å². The molecular weight excluding hydrogens is 276 g/mol. The molecule has 1 heterocycles. The molecule has 18 heavy (non-hydrogen) atoms. The molecule has 0 bridgehead atoms. The van der Waals surface area contributed by atoms with Crippen LogP contribution >= 0.6 is 11.6 Å². The number of nitrogens with one attached hydrogen (secondary N) is 1. The molecule has 0 spiro atoms. The third-order valence-electron chi connectivity index (χ3n) is 2.41. The van der Waals surface area contributed by atoms with E-state index in [2.05, 4.69) is 15.3 Å². The Balaban J connectivity index is 2.71. The lowest BCUT2D eigenvalue weighted by molar-refractivity contribution is 0.521. The molecule has 102 valence electrons. The largest absolute Gasteiger partial charge is 0.369 e. The zero-order valence-corrected chi connectivity index (χ0v) is 12.4. The zero-order valence-electron chi connectivity index (χ0n) is 10.9. The highest BCUT2D eigenvalue weighted by atomic mass is 35.5. The van der Waals surface area contributed by atoms with Gasteiger partial charge in [-0.15, -0.1) is 0 Å². The maximum Gasteiger partial charge on any atom is 0.215 e. The maximum atomic E-state index is 11.6. The number of hydrogen-bond acceptors (Lipinski definition) is 5. The summed E-state index contributed by atoms with van der Waals surface area (Å²) in [7, 11) is -0.195. The van der Waals surface area contributed by atoms with E-state index in [1.165, 1.54) is 18.4 Å². The standard InChI is InChI=1S/C10H17ClN4O2S/c1-7-9(11)13-8(2)14-10(7)12-5-6-18(16,17)15(3)4/h5-6H2,1-4H3,(H,12,13,14). The molecule has 0 saturated carbocycles. The molecule has 0 unspecified atom stereocenters. The predicted molar refractivity (Wildman–Crippen MR) is 72.5 cm³/mol. The first-order valence-electron chi connectivity index (χ1n) is 5.39. The van der Waals surface area contributed by atoms with Crippen LogP contribution in [0.5, 0.6) is 0 Å². The molecule has 8 heteroatoms. The normalized spacial score (nSPS) is 11.9. The van der Waals surface area contributed by atoms with Crippen LogP contribution in [0.2, 0.25) is 5.15 Å². The number of halogens is 1. The van der Waals surface area contributed by atoms with Crippen molar-refractivity contribution in [1.29, 1.82) is 0 Å². The van der Waals surface area contributed by atoms with Gasteiger partial charge < -0.3 is 5.32 Å². The van der Waals surface area contributed by atoms with Crippen molar-refractivity contribution in [3.8, 4) is 0 Å². The SMILES string of the molecule is Cc1nc(Cl)c(C)c(NCCS(=O)(=O)N(C)C)n1. The van der Waals surface area contributed by atoms with Crippen LogP contribution in [0.1, 0.15) is 11.4 Å². The summed E-state index contributed by atoms with van der Waals surface area (Å²) in [6, 6.07) is 0. The summed E-state index contributed by atoms with van der Waals surface area (Å²) in [5.74, 6) is 1.12. The number of rotatable bonds is 5. The van der Waals surface area contributed by atoms with E-state index >= 15 is 0 Å². The van der Waals surface area contributed by atoms with Gasteiger partial charge in [0.2, 0.25) is 10.0 Å². The second-order valence-electron chi connectivity index (χ2n) is 4.06. The topological polar surface area (TPSA) is 75.2 Å². The molecule has 6 nitrogen and oxygen atoms in total. The predicted octanol–water partition coefficient (Wildman–Crippen LogP) is 1.05. The minimum Gasteiger partial charge on any atom is -0.369 e. The Hall–Kier alpha value is -0.920. The maximum absolute atomic E-state index is 11.6. The van der Waals surface area contributed by atoms with Crippen LogP contribution in [0.4, 0.5) is 5.82 Å². The Morgan fingerprint density at radius 1 is 1.28 bits per heavy atom. The molecule has 0 aliphatic carbocycles. The minimum atomic E-state index is -3.21. The van der Waals surface area contributed by atoms with Crippen molar-refractivity contribution in [1.82, 2.24) is 14.3 Å². The van der Waals surface area contributed by atoms with Gasteiger partial charge in [0.05, 0.1) is 5.75 Å². The van der Waals surface area contributed by atoms with Gasteiger partial charge in [0.15, 0.2) is 0 Å². The molecule has 0 atom stereocenters. The molecule has 1 N–H and O–H groups in total. The summed E-state index contributed by atoms with van der Waals surface area (Å²) in [5, 5.41) is 3.34. The zero-order chi connectivity index (χ0) is 13.9. The smallest absolute Gasteiger partial charge is 0.215 e. The highest BCUT2D eigenvalue weighted by Gasteiger charge is 2.14. The van der Waals surface area contributed by atoms with Crippen molar-refractivity contribution in [2.75, 3.05) is 31.7 Å². The Labute approximate surface area is 112 Å². The molecule has 0 aliphatic rings. The first kappa shape index (κ1) is 15.1. The lowest BCUT2D eigenvalue weighted by atomic mass is 10.3. The highest BCUT2D eigenvalue weighted by Crippen LogP contribution is 2.19. The molecule has 0 radical (unpaired) electrons. The fourth-order valence-electron chi connectivity index (χ4n) is 1.25. The van der Waals surface area contributed by atoms with Crippen LogP contribution in [0.3, 0.4) is 0 Å². The van der Waals surface area contributed by atoms with Crippen molar-refractivity contribution in [3.63, 3.8) is 0 Å². The van der Waals surface area contributed by atoms with Crippen LogP contribution in [-0.4, -0.2) is 49.1 Å². The summed E-state index contributed by atoms with van der Waals surface area (Å²) in [5.41, 5.74) is 0.713. The fraction of sp³-hybridized carbons (Fsp3) is 0.600. The van der Waals surface area contributed by atoms with Gasteiger partial charge in [-0.05, 0) is 13.8 Å². The van der Waals surface area contributed by atoms with E-state index in [4.69, 9.17) is 11.6 Å². The Morgan fingerprint density at radius 2 is 1.89 bits per heavy atom. The Bertz CT molecular complexity index is 531. The average molecular weight is 293 g/mol. The average Bonchev–Trinajstić information content (AvgIpc) is 2.24. The van der Waals surface area contributed by atoms with Gasteiger partial charge in [0, 0.05) is 26.2 Å². The summed E-state index contributed by atoms with van der Waals surface area (Å²) in [4.78, 5) is 8.19. The lowest BCUT2D eigenvalue weighted by Gasteiger charge is -2.13. The van der Waals surface area contributed by atoms with E-state index in [0.717, 1.165) is 0 Å². The fourth-order valence-corrected chi connectivity index (χ4v) is 2.18. The van der Waals surface area contributed by atoms with Gasteiger partial charge in [-0.25, -0.2) is 22.7 Å². The van der Waals surface area contributed by atoms with Crippen LogP contribution in [-0.2, 0) is 10.0 Å². The molecule has 0 aromatic carbocycles. The number of sulfonamides is 1. The molecule has 0 fully saturated rings. The quantitative estimate of drug-likeness (QED) is 0.821. The summed E-state index contributed by atoms with van der Waals surface area (Å²) >= 11 is 5.92. The molecule has 1 aromatic heterocycles. The van der Waals surface area contributed by atoms with E-state index in [-0.39, 0.29) is 12.3 Å². The summed E-state index contributed by atoms with van der Waals surface area (Å²) in [6.07, 6.45) is 0. The van der Waals surface area contributed by atoms with Crippen molar-refractivity contribution < 1.29 is 8.42 Å². The van der Waals surface area contributed by atoms with Crippen LogP contribution < -0.4 is 5.32 Å². The number of hydrogen-bond donors (Lipinski definition) is 1. The number of nitrogens with zero attached hydrogens (tertiary/aromatic N) is 3. The van der Waals surface area contributed by atoms with Crippen molar-refractivity contribution in [2.24, 2.45) is 0 Å². The second-order valence-corrected chi connectivity index (χ2v) is 6.72. The third-order valence-corrected chi connectivity index (χ3v) is 4.61. The highest BCUT2D eigenvalue weighted by molar-refractivity contribution is 7.89. The minimum absolute atomic E-state index is 0.000109. The van der Waals surface area contributed by atoms with Crippen molar-refractivity contribution >= 4 is 27.4 Å². The Kier molecular flexibility index (Phi) is 4.89. The van der Waals surface area contributed by atoms with E-state index in [9.17, 15) is 8.42 Å². The molecule has 0 aliphatic heterocycles. The monoisotopic (exact) mass is 292 g/mol. The van der Waals surface area contributed by atoms with Gasteiger partial charge >= 0.3 is 0 Å². The number of aromatic nitrogens is 2. The Morgan fingerprint density at radius 3 is 2.44 bits per heavy atom. The van der Waals surface area contributed by atoms with E-state index in [1.807, 2.05) is 0 Å². The van der Waals surface area contributed by atoms with E-state index in [1.54, 1.807) is 13.8 Å². The molecule has 0 amide bonds. The van der Waals surface area contributed by atoms with Gasteiger partial charge in [-0.3, -0.25) is 0 Å². The first-order chi connectivity index (χ1) is 8.24. The number of anilines is 1. The van der Waals surface area contributed by atoms with E-state index < -0.39 is 10.0 Å². The first-order valence-corrected chi connectivity index (χ1v) is 7.37. The number of aryl methyl sites for hydroxylation is 1. The molecule has 1 aromatic rings. The van der Waals surface area contributed by atoms with E-state index in [0.29, 0.717) is 22.4 Å². The summed E-state index contributed by atoms with van der Waals surface area (Å²) in [6.45, 7) is 3.78. The molecule has 0 saturated heterocycles. The molecule has 1 rings (SSSR count). The van der Waals surface area contributed by atoms with Gasteiger partial charge in [0.1, 0.15) is 16.8 Å². The van der Waals surface area contributed by atoms with Gasteiger partial charge in [-0.1, -0.05) is 11.6 Å². The second kappa shape index (κ2) is 5.81. The van der Waals surface area contributed by atoms with Crippen LogP contribution in [0.25, 0.3) is 0 Å². The van der Waals surface area contributed by atoms with Crippen LogP contribution in [0, 0.1) is 13.8 Å². The van der Waals surface area contributed by atoms with Crippen molar-refractivity contribution in [2.45, 2.75) is 13.8 Å². The third kappa shape index (κ3) is 3.79. The van der Waals surface area contributed by atoms with Crippen LogP contribution in [0.15, 0.2) is 0 Å². The summed E-state index contributed by atoms with van der Waals surface area (Å²) < 4.78 is 24.3. The van der Waals surface area contributed by atoms with Crippen molar-refractivity contribution in [3.05, 3.63) is 16.5 Å². The lowest BCUT2D eigenvalue weighted by Crippen LogP contribution is -2.28. The van der Waals surface area contributed by atoms with Gasteiger partial charge in [-0.2, -0.15) is 0 Å².